The van der Waals surface area contributed by atoms with E-state index in [9.17, 15) is 9.59 Å². The Kier molecular flexibility index (Phi) is 6.05. The smallest absolute Gasteiger partial charge is 0.337 e. The highest BCUT2D eigenvalue weighted by Gasteiger charge is 2.19. The summed E-state index contributed by atoms with van der Waals surface area (Å²) in [5.74, 6) is 0.175. The first-order chi connectivity index (χ1) is 15.7. The molecule has 4 aromatic rings. The number of amides is 1. The summed E-state index contributed by atoms with van der Waals surface area (Å²) in [4.78, 5) is 25.4. The van der Waals surface area contributed by atoms with Crippen LogP contribution in [0.15, 0.2) is 57.7 Å². The predicted molar refractivity (Wildman–Crippen MR) is 128 cm³/mol. The maximum atomic E-state index is 13.2. The van der Waals surface area contributed by atoms with Gasteiger partial charge in [-0.25, -0.2) is 4.79 Å². The molecule has 0 aliphatic carbocycles. The Morgan fingerprint density at radius 3 is 2.64 bits per heavy atom. The third kappa shape index (κ3) is 4.82. The van der Waals surface area contributed by atoms with Gasteiger partial charge in [0.15, 0.2) is 0 Å². The molecule has 1 N–H and O–H groups in total. The second-order valence-corrected chi connectivity index (χ2v) is 8.45. The summed E-state index contributed by atoms with van der Waals surface area (Å²) in [5, 5.41) is 8.08. The van der Waals surface area contributed by atoms with Crippen molar-refractivity contribution in [2.75, 3.05) is 5.32 Å². The number of carbonyl (C=O) groups excluding carboxylic acids is 1. The Balaban J connectivity index is 1.64. The predicted octanol–water partition coefficient (Wildman–Crippen LogP) is 5.00. The van der Waals surface area contributed by atoms with Crippen LogP contribution in [0.3, 0.4) is 0 Å². The normalized spacial score (nSPS) is 11.2. The third-order valence-electron chi connectivity index (χ3n) is 5.37. The maximum Gasteiger partial charge on any atom is 0.337 e. The van der Waals surface area contributed by atoms with Gasteiger partial charge in [-0.3, -0.25) is 9.48 Å². The van der Waals surface area contributed by atoms with E-state index >= 15 is 0 Å². The molecule has 4 rings (SSSR count). The lowest BCUT2D eigenvalue weighted by molar-refractivity contribution is 0.102. The number of hydrogen-bond donors (Lipinski definition) is 1. The molecule has 0 aliphatic rings. The van der Waals surface area contributed by atoms with Crippen LogP contribution in [0, 0.1) is 20.8 Å². The number of benzene rings is 2. The van der Waals surface area contributed by atoms with Crippen molar-refractivity contribution < 1.29 is 13.9 Å². The van der Waals surface area contributed by atoms with Gasteiger partial charge in [0.25, 0.3) is 5.91 Å². The van der Waals surface area contributed by atoms with Gasteiger partial charge < -0.3 is 14.5 Å². The number of nitrogens with zero attached hydrogens (tertiary/aromatic N) is 2. The molecule has 7 nitrogen and oxygen atoms in total. The van der Waals surface area contributed by atoms with Crippen molar-refractivity contribution in [1.82, 2.24) is 9.78 Å². The summed E-state index contributed by atoms with van der Waals surface area (Å²) < 4.78 is 12.9. The molecule has 2 heterocycles. The molecule has 2 aromatic heterocycles. The molecule has 0 radical (unpaired) electrons. The minimum Gasteiger partial charge on any atom is -0.491 e. The molecular formula is C26H27N3O4. The summed E-state index contributed by atoms with van der Waals surface area (Å²) in [5.41, 5.74) is 4.42. The quantitative estimate of drug-likeness (QED) is 0.422. The Morgan fingerprint density at radius 2 is 1.91 bits per heavy atom. The number of hydrogen-bond acceptors (Lipinski definition) is 5. The minimum atomic E-state index is -0.599. The Hall–Kier alpha value is -3.87. The van der Waals surface area contributed by atoms with E-state index in [0.29, 0.717) is 34.6 Å². The monoisotopic (exact) mass is 445 g/mol. The van der Waals surface area contributed by atoms with E-state index in [1.807, 2.05) is 44.5 Å². The van der Waals surface area contributed by atoms with Crippen molar-refractivity contribution in [3.8, 4) is 5.75 Å². The molecule has 0 spiro atoms. The first kappa shape index (κ1) is 22.3. The van der Waals surface area contributed by atoms with Gasteiger partial charge in [-0.1, -0.05) is 29.8 Å². The fraction of sp³-hybridized carbons (Fsp3) is 0.269. The Labute approximate surface area is 192 Å². The average molecular weight is 446 g/mol. The van der Waals surface area contributed by atoms with Crippen molar-refractivity contribution in [3.05, 3.63) is 87.0 Å². The highest BCUT2D eigenvalue weighted by Crippen LogP contribution is 2.26. The van der Waals surface area contributed by atoms with Gasteiger partial charge in [-0.05, 0) is 52.3 Å². The van der Waals surface area contributed by atoms with Gasteiger partial charge in [0, 0.05) is 17.5 Å². The van der Waals surface area contributed by atoms with Crippen molar-refractivity contribution in [2.24, 2.45) is 0 Å². The van der Waals surface area contributed by atoms with Crippen LogP contribution < -0.4 is 15.7 Å². The molecule has 170 valence electrons. The largest absolute Gasteiger partial charge is 0.491 e. The topological polar surface area (TPSA) is 86.4 Å². The summed E-state index contributed by atoms with van der Waals surface area (Å²) in [7, 11) is 0. The van der Waals surface area contributed by atoms with Crippen molar-refractivity contribution in [2.45, 2.75) is 47.3 Å². The standard InChI is InChI=1S/C26H27N3O4/c1-15(2)32-20-9-10-21-22(13-24(30)33-23(21)12-20)26(31)27-25-17(4)28-29(18(25)5)14-19-8-6-7-16(3)11-19/h6-13,15H,14H2,1-5H3,(H,27,31). The molecule has 1 amide bonds. The summed E-state index contributed by atoms with van der Waals surface area (Å²) >= 11 is 0. The molecule has 7 heteroatoms. The van der Waals surface area contributed by atoms with Crippen LogP contribution in [0.1, 0.15) is 46.7 Å². The number of aromatic nitrogens is 2. The van der Waals surface area contributed by atoms with Crippen molar-refractivity contribution in [3.63, 3.8) is 0 Å². The van der Waals surface area contributed by atoms with Gasteiger partial charge in [0.1, 0.15) is 11.3 Å². The fourth-order valence-electron chi connectivity index (χ4n) is 3.87. The van der Waals surface area contributed by atoms with E-state index in [1.54, 1.807) is 18.2 Å². The number of rotatable bonds is 6. The van der Waals surface area contributed by atoms with Crippen LogP contribution in [0.2, 0.25) is 0 Å². The lowest BCUT2D eigenvalue weighted by atomic mass is 10.1. The first-order valence-electron chi connectivity index (χ1n) is 10.9. The SMILES string of the molecule is Cc1cccc(Cn2nc(C)c(NC(=O)c3cc(=O)oc4cc(OC(C)C)ccc34)c2C)c1. The van der Waals surface area contributed by atoms with E-state index in [-0.39, 0.29) is 11.7 Å². The summed E-state index contributed by atoms with van der Waals surface area (Å²) in [6, 6.07) is 14.6. The molecule has 0 unspecified atom stereocenters. The molecule has 0 aliphatic heterocycles. The zero-order valence-electron chi connectivity index (χ0n) is 19.4. The number of ether oxygens (including phenoxy) is 1. The van der Waals surface area contributed by atoms with Gasteiger partial charge in [-0.2, -0.15) is 5.10 Å². The molecule has 0 bridgehead atoms. The van der Waals surface area contributed by atoms with Gasteiger partial charge >= 0.3 is 5.63 Å². The number of aryl methyl sites for hydroxylation is 2. The minimum absolute atomic E-state index is 0.0251. The Morgan fingerprint density at radius 1 is 1.12 bits per heavy atom. The van der Waals surface area contributed by atoms with Crippen LogP contribution in [0.25, 0.3) is 11.0 Å². The number of fused-ring (bicyclic) bond motifs is 1. The summed E-state index contributed by atoms with van der Waals surface area (Å²) in [6.45, 7) is 10.2. The second kappa shape index (κ2) is 8.94. The second-order valence-electron chi connectivity index (χ2n) is 8.45. The van der Waals surface area contributed by atoms with Crippen LogP contribution in [-0.2, 0) is 6.54 Å². The molecule has 0 atom stereocenters. The Bertz CT molecular complexity index is 1400. The van der Waals surface area contributed by atoms with Gasteiger partial charge in [-0.15, -0.1) is 0 Å². The lowest BCUT2D eigenvalue weighted by Crippen LogP contribution is -2.16. The van der Waals surface area contributed by atoms with E-state index in [4.69, 9.17) is 9.15 Å². The van der Waals surface area contributed by atoms with Crippen molar-refractivity contribution in [1.29, 1.82) is 0 Å². The summed E-state index contributed by atoms with van der Waals surface area (Å²) in [6.07, 6.45) is -0.0251. The van der Waals surface area contributed by atoms with E-state index in [0.717, 1.165) is 11.3 Å². The highest BCUT2D eigenvalue weighted by atomic mass is 16.5. The zero-order chi connectivity index (χ0) is 23.7. The van der Waals surface area contributed by atoms with E-state index < -0.39 is 11.5 Å². The van der Waals surface area contributed by atoms with Crippen LogP contribution in [0.5, 0.6) is 5.75 Å². The lowest BCUT2D eigenvalue weighted by Gasteiger charge is -2.11. The van der Waals surface area contributed by atoms with Gasteiger partial charge in [0.2, 0.25) is 0 Å². The first-order valence-corrected chi connectivity index (χ1v) is 10.9. The maximum absolute atomic E-state index is 13.2. The average Bonchev–Trinajstić information content (AvgIpc) is 2.99. The molecule has 0 saturated carbocycles. The molecule has 0 fully saturated rings. The zero-order valence-corrected chi connectivity index (χ0v) is 19.4. The molecule has 2 aromatic carbocycles. The highest BCUT2D eigenvalue weighted by molar-refractivity contribution is 6.12. The van der Waals surface area contributed by atoms with Crippen LogP contribution in [-0.4, -0.2) is 21.8 Å². The molecule has 33 heavy (non-hydrogen) atoms. The van der Waals surface area contributed by atoms with Gasteiger partial charge in [0.05, 0.1) is 35.3 Å². The third-order valence-corrected chi connectivity index (χ3v) is 5.37. The number of anilines is 1. The van der Waals surface area contributed by atoms with E-state index in [1.165, 1.54) is 11.6 Å². The van der Waals surface area contributed by atoms with Crippen molar-refractivity contribution >= 4 is 22.6 Å². The molecular weight excluding hydrogens is 418 g/mol. The number of nitrogens with one attached hydrogen (secondary N) is 1. The van der Waals surface area contributed by atoms with Crippen LogP contribution >= 0.6 is 0 Å². The number of carbonyl (C=O) groups is 1. The van der Waals surface area contributed by atoms with Crippen LogP contribution in [0.4, 0.5) is 5.69 Å². The van der Waals surface area contributed by atoms with E-state index in [2.05, 4.69) is 29.5 Å². The fourth-order valence-corrected chi connectivity index (χ4v) is 3.87. The molecule has 0 saturated heterocycles.